The van der Waals surface area contributed by atoms with Gasteiger partial charge >= 0.3 is 0 Å². The van der Waals surface area contributed by atoms with Gasteiger partial charge in [0.1, 0.15) is 0 Å². The fraction of sp³-hybridized carbons (Fsp3) is 0.100. The number of fused-ring (bicyclic) bond motifs is 2. The quantitative estimate of drug-likeness (QED) is 0.127. The van der Waals surface area contributed by atoms with Crippen LogP contribution in [0.3, 0.4) is 0 Å². The summed E-state index contributed by atoms with van der Waals surface area (Å²) in [5, 5.41) is 13.5. The molecule has 0 N–H and O–H groups in total. The lowest BCUT2D eigenvalue weighted by Gasteiger charge is -2.13. The van der Waals surface area contributed by atoms with Crippen molar-refractivity contribution in [1.82, 2.24) is 0 Å². The maximum Gasteiger partial charge on any atom is 0.193 e. The molecule has 46 heavy (non-hydrogen) atoms. The van der Waals surface area contributed by atoms with Crippen molar-refractivity contribution in [3.05, 3.63) is 150 Å². The van der Waals surface area contributed by atoms with Crippen LogP contribution >= 0.6 is 0 Å². The molecule has 228 valence electrons. The number of carbonyl (C=O) groups excluding carboxylic acids is 1. The number of nitriles is 1. The third-order valence-electron chi connectivity index (χ3n) is 7.66. The first-order valence-corrected chi connectivity index (χ1v) is 14.6. The molecule has 0 aliphatic carbocycles. The summed E-state index contributed by atoms with van der Waals surface area (Å²) < 4.78 is 21.2. The van der Waals surface area contributed by atoms with E-state index in [0.717, 1.165) is 38.2 Å². The molecule has 6 rings (SSSR count). The van der Waals surface area contributed by atoms with Gasteiger partial charge in [0.05, 0.1) is 34.5 Å². The third kappa shape index (κ3) is 6.54. The van der Waals surface area contributed by atoms with Gasteiger partial charge in [-0.1, -0.05) is 91.0 Å². The third-order valence-corrected chi connectivity index (χ3v) is 7.66. The maximum absolute atomic E-state index is 12.8. The highest BCUT2D eigenvalue weighted by atomic mass is 16.5. The van der Waals surface area contributed by atoms with Crippen LogP contribution in [0.2, 0.25) is 0 Å². The molecule has 6 heteroatoms. The molecule has 0 aliphatic heterocycles. The average molecular weight is 608 g/mol. The van der Waals surface area contributed by atoms with Crippen LogP contribution < -0.4 is 18.9 Å². The second-order valence-electron chi connectivity index (χ2n) is 10.2. The minimum Gasteiger partial charge on any atom is -0.493 e. The van der Waals surface area contributed by atoms with Crippen LogP contribution in [0.15, 0.2) is 127 Å². The molecule has 0 radical (unpaired) electrons. The summed E-state index contributed by atoms with van der Waals surface area (Å²) >= 11 is 0. The van der Waals surface area contributed by atoms with Crippen molar-refractivity contribution in [3.8, 4) is 29.1 Å². The number of nitrogens with zero attached hydrogens (tertiary/aromatic N) is 1. The van der Waals surface area contributed by atoms with E-state index < -0.39 is 0 Å². The smallest absolute Gasteiger partial charge is 0.193 e. The van der Waals surface area contributed by atoms with Gasteiger partial charge in [-0.15, -0.1) is 0 Å². The fourth-order valence-electron chi connectivity index (χ4n) is 5.40. The monoisotopic (exact) mass is 607 g/mol. The number of ketones is 1. The topological polar surface area (TPSA) is 77.8 Å². The Hall–Kier alpha value is -6.06. The summed E-state index contributed by atoms with van der Waals surface area (Å²) in [6.45, 7) is 0. The number of rotatable bonds is 8. The maximum atomic E-state index is 12.8. The number of hydrogen-bond acceptors (Lipinski definition) is 6. The Morgan fingerprint density at radius 2 is 1.00 bits per heavy atom. The molecular formula is C40H33NO5. The van der Waals surface area contributed by atoms with E-state index in [1.165, 1.54) is 0 Å². The Morgan fingerprint density at radius 3 is 1.54 bits per heavy atom. The lowest BCUT2D eigenvalue weighted by atomic mass is 9.93. The molecule has 0 atom stereocenters. The predicted molar refractivity (Wildman–Crippen MR) is 183 cm³/mol. The zero-order chi connectivity index (χ0) is 32.5. The molecule has 6 aromatic rings. The summed E-state index contributed by atoms with van der Waals surface area (Å²) in [6, 6.07) is 40.9. The van der Waals surface area contributed by atoms with Crippen molar-refractivity contribution in [2.24, 2.45) is 0 Å². The molecule has 0 heterocycles. The Kier molecular flexibility index (Phi) is 9.96. The van der Waals surface area contributed by atoms with Gasteiger partial charge < -0.3 is 18.9 Å². The lowest BCUT2D eigenvalue weighted by molar-refractivity contribution is 0.104. The number of methoxy groups -OCH3 is 4. The van der Waals surface area contributed by atoms with Gasteiger partial charge in [0, 0.05) is 22.8 Å². The van der Waals surface area contributed by atoms with E-state index in [-0.39, 0.29) is 5.78 Å². The van der Waals surface area contributed by atoms with E-state index in [0.29, 0.717) is 34.1 Å². The fourth-order valence-corrected chi connectivity index (χ4v) is 5.40. The number of ether oxygens (including phenoxy) is 4. The Labute approximate surface area is 268 Å². The van der Waals surface area contributed by atoms with Crippen molar-refractivity contribution < 1.29 is 23.7 Å². The Balaban J connectivity index is 0.000000182. The van der Waals surface area contributed by atoms with E-state index in [1.807, 2.05) is 84.9 Å². The number of benzene rings is 6. The first-order valence-electron chi connectivity index (χ1n) is 14.6. The van der Waals surface area contributed by atoms with Crippen LogP contribution in [0, 0.1) is 11.3 Å². The molecule has 6 nitrogen and oxygen atoms in total. The van der Waals surface area contributed by atoms with E-state index in [4.69, 9.17) is 18.9 Å². The number of allylic oxidation sites excluding steroid dienone is 1. The van der Waals surface area contributed by atoms with Gasteiger partial charge in [-0.25, -0.2) is 0 Å². The highest BCUT2D eigenvalue weighted by Gasteiger charge is 2.15. The SMILES string of the molecule is COc1ccc(/C(=C/C#N)c2cccc3ccccc23)cc1OC.COc1ccc(C(=O)c2cccc3ccccc23)cc1OC. The molecular weight excluding hydrogens is 574 g/mol. The molecule has 0 saturated heterocycles. The summed E-state index contributed by atoms with van der Waals surface area (Å²) in [5.41, 5.74) is 4.04. The predicted octanol–water partition coefficient (Wildman–Crippen LogP) is 8.90. The molecule has 0 saturated carbocycles. The van der Waals surface area contributed by atoms with Gasteiger partial charge in [-0.2, -0.15) is 5.26 Å². The zero-order valence-corrected chi connectivity index (χ0v) is 26.1. The molecule has 6 aromatic carbocycles. The van der Waals surface area contributed by atoms with Gasteiger partial charge in [-0.05, 0) is 63.0 Å². The molecule has 0 aromatic heterocycles. The first kappa shape index (κ1) is 31.4. The largest absolute Gasteiger partial charge is 0.493 e. The zero-order valence-electron chi connectivity index (χ0n) is 26.1. The number of hydrogen-bond donors (Lipinski definition) is 0. The van der Waals surface area contributed by atoms with Crippen LogP contribution in [0.25, 0.3) is 27.1 Å². The average Bonchev–Trinajstić information content (AvgIpc) is 3.12. The second kappa shape index (κ2) is 14.6. The van der Waals surface area contributed by atoms with Crippen LogP contribution in [0.5, 0.6) is 23.0 Å². The number of carbonyl (C=O) groups is 1. The summed E-state index contributed by atoms with van der Waals surface area (Å²) in [5.74, 6) is 2.43. The van der Waals surface area contributed by atoms with Crippen molar-refractivity contribution in [2.45, 2.75) is 0 Å². The van der Waals surface area contributed by atoms with Gasteiger partial charge in [-0.3, -0.25) is 4.79 Å². The van der Waals surface area contributed by atoms with Crippen molar-refractivity contribution in [2.75, 3.05) is 28.4 Å². The van der Waals surface area contributed by atoms with Crippen LogP contribution in [-0.4, -0.2) is 34.2 Å². The van der Waals surface area contributed by atoms with E-state index >= 15 is 0 Å². The van der Waals surface area contributed by atoms with Crippen LogP contribution in [0.4, 0.5) is 0 Å². The van der Waals surface area contributed by atoms with Crippen molar-refractivity contribution >= 4 is 32.9 Å². The van der Waals surface area contributed by atoms with E-state index in [2.05, 4.69) is 24.3 Å². The molecule has 0 aliphatic rings. The van der Waals surface area contributed by atoms with E-state index in [9.17, 15) is 10.1 Å². The van der Waals surface area contributed by atoms with Crippen molar-refractivity contribution in [3.63, 3.8) is 0 Å². The first-order chi connectivity index (χ1) is 22.5. The minimum absolute atomic E-state index is 0.0299. The molecule has 0 amide bonds. The van der Waals surface area contributed by atoms with Crippen LogP contribution in [0.1, 0.15) is 27.0 Å². The standard InChI is InChI=1S/C21H17NO2.C19H16O3/c1-23-20-11-10-16(14-21(20)24-2)18(12-13-22)19-9-5-7-15-6-3-4-8-17(15)19;1-21-17-11-10-14(12-18(17)22-2)19(20)16-9-5-7-13-6-3-4-8-15(13)16/h3-12,14H,1-2H3;3-12H,1-2H3/b18-12-;. The molecule has 0 fully saturated rings. The lowest BCUT2D eigenvalue weighted by Crippen LogP contribution is -2.03. The summed E-state index contributed by atoms with van der Waals surface area (Å²) in [7, 11) is 6.34. The van der Waals surface area contributed by atoms with Crippen LogP contribution in [-0.2, 0) is 0 Å². The van der Waals surface area contributed by atoms with E-state index in [1.54, 1.807) is 52.7 Å². The summed E-state index contributed by atoms with van der Waals surface area (Å²) in [4.78, 5) is 12.8. The minimum atomic E-state index is -0.0299. The Morgan fingerprint density at radius 1 is 0.543 bits per heavy atom. The Bertz CT molecular complexity index is 2080. The second-order valence-corrected chi connectivity index (χ2v) is 10.2. The van der Waals surface area contributed by atoms with Gasteiger partial charge in [0.25, 0.3) is 0 Å². The highest BCUT2D eigenvalue weighted by Crippen LogP contribution is 2.35. The van der Waals surface area contributed by atoms with Crippen molar-refractivity contribution in [1.29, 1.82) is 5.26 Å². The van der Waals surface area contributed by atoms with Gasteiger partial charge in [0.2, 0.25) is 0 Å². The van der Waals surface area contributed by atoms with Gasteiger partial charge in [0.15, 0.2) is 28.8 Å². The summed E-state index contributed by atoms with van der Waals surface area (Å²) in [6.07, 6.45) is 1.57. The molecule has 0 spiro atoms. The molecule has 0 unspecified atom stereocenters. The highest BCUT2D eigenvalue weighted by molar-refractivity contribution is 6.16. The molecule has 0 bridgehead atoms. The normalized spacial score (nSPS) is 10.8.